The lowest BCUT2D eigenvalue weighted by Gasteiger charge is -2.35. The molecule has 0 bridgehead atoms. The number of amides is 1. The van der Waals surface area contributed by atoms with Gasteiger partial charge in [0.25, 0.3) is 5.91 Å². The van der Waals surface area contributed by atoms with Crippen molar-refractivity contribution in [2.24, 2.45) is 0 Å². The number of methoxy groups -OCH3 is 1. The lowest BCUT2D eigenvalue weighted by atomic mass is 9.99. The van der Waals surface area contributed by atoms with Gasteiger partial charge in [-0.25, -0.2) is 9.97 Å². The highest BCUT2D eigenvalue weighted by molar-refractivity contribution is 5.94. The Hall–Kier alpha value is -3.25. The van der Waals surface area contributed by atoms with E-state index in [9.17, 15) is 4.79 Å². The van der Waals surface area contributed by atoms with Gasteiger partial charge >= 0.3 is 0 Å². The summed E-state index contributed by atoms with van der Waals surface area (Å²) in [4.78, 5) is 24.6. The van der Waals surface area contributed by atoms with Crippen LogP contribution in [0.3, 0.4) is 0 Å². The maximum Gasteiger partial charge on any atom is 0.254 e. The molecule has 3 aromatic rings. The average Bonchev–Trinajstić information content (AvgIpc) is 2.84. The number of hydrogen-bond donors (Lipinski definition) is 1. The molecule has 2 heterocycles. The molecule has 1 unspecified atom stereocenters. The molecule has 0 spiro atoms. The first kappa shape index (κ1) is 22.9. The van der Waals surface area contributed by atoms with Gasteiger partial charge in [-0.2, -0.15) is 0 Å². The zero-order valence-electron chi connectivity index (χ0n) is 19.7. The standard InChI is InChI=1S/C27H32N4O2/c1-19-12-13-22(25(15-19)33-3)18-31-14-8-7-11-24(31)26-28-17-23(20(2)30-26)27(32)29-16-21-9-5-4-6-10-21/h4-6,9-10,12-13,15,17,24H,7-8,11,14,16,18H2,1-3H3,(H,29,32). The number of aryl methyl sites for hydroxylation is 2. The fourth-order valence-electron chi connectivity index (χ4n) is 4.42. The van der Waals surface area contributed by atoms with Crippen molar-refractivity contribution < 1.29 is 9.53 Å². The first-order chi connectivity index (χ1) is 16.0. The third kappa shape index (κ3) is 5.57. The highest BCUT2D eigenvalue weighted by Gasteiger charge is 2.28. The second kappa shape index (κ2) is 10.6. The van der Waals surface area contributed by atoms with Crippen molar-refractivity contribution >= 4 is 5.91 Å². The van der Waals surface area contributed by atoms with E-state index in [1.165, 1.54) is 11.1 Å². The van der Waals surface area contributed by atoms with Crippen LogP contribution < -0.4 is 10.1 Å². The Morgan fingerprint density at radius 2 is 1.97 bits per heavy atom. The lowest BCUT2D eigenvalue weighted by Crippen LogP contribution is -2.34. The first-order valence-corrected chi connectivity index (χ1v) is 11.6. The Bertz CT molecular complexity index is 1100. The lowest BCUT2D eigenvalue weighted by molar-refractivity contribution is 0.0948. The number of rotatable bonds is 7. The van der Waals surface area contributed by atoms with Crippen molar-refractivity contribution in [1.29, 1.82) is 0 Å². The number of ether oxygens (including phenoxy) is 1. The van der Waals surface area contributed by atoms with Crippen LogP contribution in [0.15, 0.2) is 54.7 Å². The Labute approximate surface area is 196 Å². The number of nitrogens with zero attached hydrogens (tertiary/aromatic N) is 3. The van der Waals surface area contributed by atoms with Crippen molar-refractivity contribution in [2.45, 2.75) is 52.2 Å². The highest BCUT2D eigenvalue weighted by Crippen LogP contribution is 2.32. The molecule has 6 heteroatoms. The summed E-state index contributed by atoms with van der Waals surface area (Å²) < 4.78 is 5.62. The largest absolute Gasteiger partial charge is 0.496 e. The molecule has 4 rings (SSSR count). The average molecular weight is 445 g/mol. The van der Waals surface area contributed by atoms with Gasteiger partial charge in [0.05, 0.1) is 24.4 Å². The maximum absolute atomic E-state index is 12.7. The molecule has 1 saturated heterocycles. The molecule has 0 aliphatic carbocycles. The predicted octanol–water partition coefficient (Wildman–Crippen LogP) is 4.76. The van der Waals surface area contributed by atoms with E-state index >= 15 is 0 Å². The molecule has 1 aliphatic heterocycles. The SMILES string of the molecule is COc1cc(C)ccc1CN1CCCCC1c1ncc(C(=O)NCc2ccccc2)c(C)n1. The van der Waals surface area contributed by atoms with E-state index in [0.29, 0.717) is 17.8 Å². The van der Waals surface area contributed by atoms with Gasteiger partial charge < -0.3 is 10.1 Å². The smallest absolute Gasteiger partial charge is 0.254 e. The van der Waals surface area contributed by atoms with Gasteiger partial charge in [0, 0.05) is 24.8 Å². The van der Waals surface area contributed by atoms with Gasteiger partial charge in [0.2, 0.25) is 0 Å². The number of carbonyl (C=O) groups excluding carboxylic acids is 1. The van der Waals surface area contributed by atoms with E-state index in [-0.39, 0.29) is 11.9 Å². The van der Waals surface area contributed by atoms with Crippen molar-refractivity contribution in [1.82, 2.24) is 20.2 Å². The van der Waals surface area contributed by atoms with E-state index in [4.69, 9.17) is 9.72 Å². The Morgan fingerprint density at radius 3 is 2.73 bits per heavy atom. The minimum absolute atomic E-state index is 0.130. The van der Waals surface area contributed by atoms with Crippen molar-refractivity contribution in [3.63, 3.8) is 0 Å². The van der Waals surface area contributed by atoms with E-state index < -0.39 is 0 Å². The molecule has 1 aromatic heterocycles. The van der Waals surface area contributed by atoms with Gasteiger partial charge in [-0.05, 0) is 50.4 Å². The van der Waals surface area contributed by atoms with Crippen LogP contribution in [0.1, 0.15) is 63.9 Å². The topological polar surface area (TPSA) is 67.3 Å². The summed E-state index contributed by atoms with van der Waals surface area (Å²) in [5.74, 6) is 1.56. The van der Waals surface area contributed by atoms with Gasteiger partial charge in [-0.15, -0.1) is 0 Å². The van der Waals surface area contributed by atoms with Crippen LogP contribution in [0.4, 0.5) is 0 Å². The molecular formula is C27H32N4O2. The first-order valence-electron chi connectivity index (χ1n) is 11.6. The fourth-order valence-corrected chi connectivity index (χ4v) is 4.42. The summed E-state index contributed by atoms with van der Waals surface area (Å²) in [6.07, 6.45) is 4.99. The molecule has 172 valence electrons. The van der Waals surface area contributed by atoms with Crippen LogP contribution in [0.5, 0.6) is 5.75 Å². The van der Waals surface area contributed by atoms with E-state index in [0.717, 1.165) is 49.5 Å². The fraction of sp³-hybridized carbons (Fsp3) is 0.370. The summed E-state index contributed by atoms with van der Waals surface area (Å²) in [6.45, 7) is 6.22. The number of piperidine rings is 1. The normalized spacial score (nSPS) is 16.4. The number of likely N-dealkylation sites (tertiary alicyclic amines) is 1. The third-order valence-corrected chi connectivity index (χ3v) is 6.27. The molecule has 0 radical (unpaired) electrons. The quantitative estimate of drug-likeness (QED) is 0.569. The van der Waals surface area contributed by atoms with Crippen molar-refractivity contribution in [3.05, 3.63) is 88.5 Å². The Morgan fingerprint density at radius 1 is 1.15 bits per heavy atom. The van der Waals surface area contributed by atoms with Crippen LogP contribution in [-0.2, 0) is 13.1 Å². The van der Waals surface area contributed by atoms with E-state index in [1.54, 1.807) is 13.3 Å². The summed E-state index contributed by atoms with van der Waals surface area (Å²) >= 11 is 0. The summed E-state index contributed by atoms with van der Waals surface area (Å²) in [7, 11) is 1.72. The van der Waals surface area contributed by atoms with Gasteiger partial charge in [0.1, 0.15) is 11.6 Å². The van der Waals surface area contributed by atoms with E-state index in [1.807, 2.05) is 37.3 Å². The minimum atomic E-state index is -0.146. The number of carbonyl (C=O) groups is 1. The molecule has 1 atom stereocenters. The Balaban J connectivity index is 1.49. The monoisotopic (exact) mass is 444 g/mol. The van der Waals surface area contributed by atoms with Crippen LogP contribution in [0, 0.1) is 13.8 Å². The number of nitrogens with one attached hydrogen (secondary N) is 1. The molecule has 6 nitrogen and oxygen atoms in total. The zero-order chi connectivity index (χ0) is 23.2. The molecule has 0 saturated carbocycles. The summed E-state index contributed by atoms with van der Waals surface area (Å²) in [5, 5.41) is 2.97. The second-order valence-electron chi connectivity index (χ2n) is 8.69. The van der Waals surface area contributed by atoms with Crippen LogP contribution in [-0.4, -0.2) is 34.4 Å². The van der Waals surface area contributed by atoms with Gasteiger partial charge in [-0.1, -0.05) is 48.9 Å². The summed E-state index contributed by atoms with van der Waals surface area (Å²) in [5.41, 5.74) is 4.65. The highest BCUT2D eigenvalue weighted by atomic mass is 16.5. The predicted molar refractivity (Wildman–Crippen MR) is 129 cm³/mol. The van der Waals surface area contributed by atoms with Crippen molar-refractivity contribution in [2.75, 3.05) is 13.7 Å². The van der Waals surface area contributed by atoms with Crippen LogP contribution in [0.2, 0.25) is 0 Å². The Kier molecular flexibility index (Phi) is 7.35. The zero-order valence-corrected chi connectivity index (χ0v) is 19.7. The molecule has 2 aromatic carbocycles. The third-order valence-electron chi connectivity index (χ3n) is 6.27. The molecule has 1 amide bonds. The second-order valence-corrected chi connectivity index (χ2v) is 8.69. The van der Waals surface area contributed by atoms with Crippen LogP contribution in [0.25, 0.3) is 0 Å². The van der Waals surface area contributed by atoms with Crippen molar-refractivity contribution in [3.8, 4) is 5.75 Å². The molecule has 1 fully saturated rings. The van der Waals surface area contributed by atoms with E-state index in [2.05, 4.69) is 40.3 Å². The number of aromatic nitrogens is 2. The minimum Gasteiger partial charge on any atom is -0.496 e. The number of hydrogen-bond acceptors (Lipinski definition) is 5. The molecule has 1 N–H and O–H groups in total. The molecular weight excluding hydrogens is 412 g/mol. The molecule has 33 heavy (non-hydrogen) atoms. The maximum atomic E-state index is 12.7. The van der Waals surface area contributed by atoms with Gasteiger partial charge in [0.15, 0.2) is 0 Å². The van der Waals surface area contributed by atoms with Gasteiger partial charge in [-0.3, -0.25) is 9.69 Å². The molecule has 1 aliphatic rings. The van der Waals surface area contributed by atoms with Crippen LogP contribution >= 0.6 is 0 Å². The number of benzene rings is 2. The summed E-state index contributed by atoms with van der Waals surface area (Å²) in [6, 6.07) is 16.4.